The molecule has 1 heterocycles. The molecule has 1 unspecified atom stereocenters. The fraction of sp³-hybridized carbons (Fsp3) is 0.667. The molecule has 1 atom stereocenters. The third-order valence-electron chi connectivity index (χ3n) is 5.38. The Bertz CT molecular complexity index is 700. The highest BCUT2D eigenvalue weighted by atomic mass is 16.5. The number of nitrogens with one attached hydrogen (secondary N) is 3. The number of benzene rings is 1. The fourth-order valence-electron chi connectivity index (χ4n) is 3.39. The summed E-state index contributed by atoms with van der Waals surface area (Å²) in [4.78, 5) is 16.3. The number of guanidine groups is 1. The van der Waals surface area contributed by atoms with Gasteiger partial charge in [0.25, 0.3) is 5.91 Å². The van der Waals surface area contributed by atoms with Gasteiger partial charge >= 0.3 is 0 Å². The van der Waals surface area contributed by atoms with Crippen LogP contribution in [-0.2, 0) is 20.7 Å². The summed E-state index contributed by atoms with van der Waals surface area (Å²) in [5, 5.41) is 9.58. The number of rotatable bonds is 14. The van der Waals surface area contributed by atoms with Crippen LogP contribution >= 0.6 is 0 Å². The number of ether oxygens (including phenoxy) is 3. The van der Waals surface area contributed by atoms with Crippen molar-refractivity contribution in [2.45, 2.75) is 45.1 Å². The van der Waals surface area contributed by atoms with Crippen molar-refractivity contribution in [3.8, 4) is 5.75 Å². The van der Waals surface area contributed by atoms with Crippen LogP contribution in [0.15, 0.2) is 29.3 Å². The first-order valence-electron chi connectivity index (χ1n) is 11.9. The molecule has 2 fully saturated rings. The van der Waals surface area contributed by atoms with Gasteiger partial charge in [-0.3, -0.25) is 9.79 Å². The van der Waals surface area contributed by atoms with Crippen LogP contribution in [0.1, 0.15) is 38.2 Å². The Balaban J connectivity index is 1.27. The summed E-state index contributed by atoms with van der Waals surface area (Å²) < 4.78 is 16.7. The SMILES string of the molecule is CCNC(=NCCCOCC1CCOC1)NCCc1ccc(OCC(=O)NC2CC2)cc1. The molecule has 1 aliphatic heterocycles. The van der Waals surface area contributed by atoms with Gasteiger partial charge in [-0.15, -0.1) is 0 Å². The monoisotopic (exact) mass is 446 g/mol. The molecule has 1 saturated heterocycles. The molecule has 1 aromatic carbocycles. The first kappa shape index (κ1) is 24.3. The lowest BCUT2D eigenvalue weighted by atomic mass is 10.1. The van der Waals surface area contributed by atoms with Gasteiger partial charge in [-0.05, 0) is 56.7 Å². The quantitative estimate of drug-likeness (QED) is 0.230. The summed E-state index contributed by atoms with van der Waals surface area (Å²) in [6, 6.07) is 8.26. The molecule has 0 aromatic heterocycles. The number of hydrogen-bond acceptors (Lipinski definition) is 5. The van der Waals surface area contributed by atoms with Crippen LogP contribution in [0.3, 0.4) is 0 Å². The second-order valence-electron chi connectivity index (χ2n) is 8.37. The third-order valence-corrected chi connectivity index (χ3v) is 5.38. The molecule has 3 rings (SSSR count). The van der Waals surface area contributed by atoms with Gasteiger partial charge in [0, 0.05) is 44.8 Å². The Morgan fingerprint density at radius 1 is 1.19 bits per heavy atom. The molecule has 1 aromatic rings. The Morgan fingerprint density at radius 3 is 2.75 bits per heavy atom. The van der Waals surface area contributed by atoms with Gasteiger partial charge in [0.2, 0.25) is 0 Å². The molecular weight excluding hydrogens is 408 g/mol. The maximum absolute atomic E-state index is 11.7. The van der Waals surface area contributed by atoms with E-state index in [0.717, 1.165) is 84.1 Å². The zero-order valence-corrected chi connectivity index (χ0v) is 19.2. The van der Waals surface area contributed by atoms with E-state index in [1.165, 1.54) is 5.56 Å². The lowest BCUT2D eigenvalue weighted by molar-refractivity contribution is -0.123. The normalized spacial score (nSPS) is 18.4. The summed E-state index contributed by atoms with van der Waals surface area (Å²) in [6.45, 7) is 7.70. The van der Waals surface area contributed by atoms with Crippen molar-refractivity contribution in [2.24, 2.45) is 10.9 Å². The minimum atomic E-state index is -0.0500. The lowest BCUT2D eigenvalue weighted by Crippen LogP contribution is -2.38. The number of hydrogen-bond donors (Lipinski definition) is 3. The zero-order chi connectivity index (χ0) is 22.4. The topological polar surface area (TPSA) is 93.2 Å². The summed E-state index contributed by atoms with van der Waals surface area (Å²) in [6.07, 6.45) is 5.06. The van der Waals surface area contributed by atoms with Crippen molar-refractivity contribution in [1.82, 2.24) is 16.0 Å². The predicted octanol–water partition coefficient (Wildman–Crippen LogP) is 1.88. The third kappa shape index (κ3) is 9.87. The number of amides is 1. The van der Waals surface area contributed by atoms with Crippen LogP contribution < -0.4 is 20.7 Å². The zero-order valence-electron chi connectivity index (χ0n) is 19.2. The highest BCUT2D eigenvalue weighted by molar-refractivity contribution is 5.79. The van der Waals surface area contributed by atoms with E-state index < -0.39 is 0 Å². The molecule has 8 heteroatoms. The van der Waals surface area contributed by atoms with Crippen molar-refractivity contribution >= 4 is 11.9 Å². The molecular formula is C24H38N4O4. The van der Waals surface area contributed by atoms with Crippen molar-refractivity contribution in [3.05, 3.63) is 29.8 Å². The largest absolute Gasteiger partial charge is 0.484 e. The average molecular weight is 447 g/mol. The Labute approximate surface area is 191 Å². The molecule has 32 heavy (non-hydrogen) atoms. The second-order valence-corrected chi connectivity index (χ2v) is 8.37. The van der Waals surface area contributed by atoms with E-state index in [-0.39, 0.29) is 12.5 Å². The van der Waals surface area contributed by atoms with Gasteiger partial charge in [0.05, 0.1) is 13.2 Å². The van der Waals surface area contributed by atoms with Crippen molar-refractivity contribution in [1.29, 1.82) is 0 Å². The molecule has 3 N–H and O–H groups in total. The standard InChI is InChI=1S/C24H38N4O4/c1-2-25-24(26-12-3-14-30-16-20-11-15-31-17-20)27-13-10-19-4-8-22(9-5-19)32-18-23(29)28-21-6-7-21/h4-5,8-9,20-21H,2-3,6-7,10-18H2,1H3,(H,28,29)(H2,25,26,27). The van der Waals surface area contributed by atoms with Crippen LogP contribution in [0.25, 0.3) is 0 Å². The van der Waals surface area contributed by atoms with Crippen LogP contribution in [-0.4, -0.2) is 70.6 Å². The molecule has 2 aliphatic rings. The van der Waals surface area contributed by atoms with E-state index in [4.69, 9.17) is 14.2 Å². The van der Waals surface area contributed by atoms with E-state index in [9.17, 15) is 4.79 Å². The number of carbonyl (C=O) groups is 1. The van der Waals surface area contributed by atoms with E-state index in [0.29, 0.717) is 17.7 Å². The van der Waals surface area contributed by atoms with Crippen molar-refractivity contribution < 1.29 is 19.0 Å². The average Bonchev–Trinajstić information content (AvgIpc) is 3.45. The van der Waals surface area contributed by atoms with Crippen LogP contribution in [0.5, 0.6) is 5.75 Å². The van der Waals surface area contributed by atoms with E-state index in [1.807, 2.05) is 24.3 Å². The highest BCUT2D eigenvalue weighted by Gasteiger charge is 2.23. The number of carbonyl (C=O) groups excluding carboxylic acids is 1. The summed E-state index contributed by atoms with van der Waals surface area (Å²) in [5.41, 5.74) is 1.20. The minimum Gasteiger partial charge on any atom is -0.484 e. The molecule has 0 spiro atoms. The summed E-state index contributed by atoms with van der Waals surface area (Å²) >= 11 is 0. The minimum absolute atomic E-state index is 0.0500. The van der Waals surface area contributed by atoms with Crippen LogP contribution in [0, 0.1) is 5.92 Å². The van der Waals surface area contributed by atoms with Crippen molar-refractivity contribution in [3.63, 3.8) is 0 Å². The maximum atomic E-state index is 11.7. The fourth-order valence-corrected chi connectivity index (χ4v) is 3.39. The lowest BCUT2D eigenvalue weighted by Gasteiger charge is -2.12. The molecule has 0 bridgehead atoms. The van der Waals surface area contributed by atoms with Gasteiger partial charge < -0.3 is 30.2 Å². The van der Waals surface area contributed by atoms with Crippen LogP contribution in [0.2, 0.25) is 0 Å². The van der Waals surface area contributed by atoms with E-state index in [2.05, 4.69) is 27.9 Å². The van der Waals surface area contributed by atoms with E-state index >= 15 is 0 Å². The molecule has 1 saturated carbocycles. The Morgan fingerprint density at radius 2 is 2.03 bits per heavy atom. The molecule has 0 radical (unpaired) electrons. The first-order valence-corrected chi connectivity index (χ1v) is 11.9. The van der Waals surface area contributed by atoms with Gasteiger partial charge in [0.1, 0.15) is 5.75 Å². The molecule has 1 amide bonds. The Hall–Kier alpha value is -2.32. The predicted molar refractivity (Wildman–Crippen MR) is 125 cm³/mol. The Kier molecular flexibility index (Phi) is 10.6. The molecule has 178 valence electrons. The number of nitrogens with zero attached hydrogens (tertiary/aromatic N) is 1. The molecule has 8 nitrogen and oxygen atoms in total. The first-order chi connectivity index (χ1) is 15.7. The van der Waals surface area contributed by atoms with Gasteiger partial charge in [0.15, 0.2) is 12.6 Å². The second kappa shape index (κ2) is 14.0. The summed E-state index contributed by atoms with van der Waals surface area (Å²) in [7, 11) is 0. The summed E-state index contributed by atoms with van der Waals surface area (Å²) in [5.74, 6) is 2.06. The number of aliphatic imine (C=N–C) groups is 1. The van der Waals surface area contributed by atoms with Gasteiger partial charge in [-0.25, -0.2) is 0 Å². The van der Waals surface area contributed by atoms with Crippen LogP contribution in [0.4, 0.5) is 0 Å². The maximum Gasteiger partial charge on any atom is 0.258 e. The highest BCUT2D eigenvalue weighted by Crippen LogP contribution is 2.18. The van der Waals surface area contributed by atoms with E-state index in [1.54, 1.807) is 0 Å². The smallest absolute Gasteiger partial charge is 0.258 e. The molecule has 1 aliphatic carbocycles. The van der Waals surface area contributed by atoms with Crippen molar-refractivity contribution in [2.75, 3.05) is 52.7 Å². The van der Waals surface area contributed by atoms with Gasteiger partial charge in [-0.2, -0.15) is 0 Å². The van der Waals surface area contributed by atoms with Gasteiger partial charge in [-0.1, -0.05) is 12.1 Å².